The number of alkyl halides is 4. The first kappa shape index (κ1) is 18.3. The zero-order valence-corrected chi connectivity index (χ0v) is 13.3. The Kier molecular flexibility index (Phi) is 6.07. The van der Waals surface area contributed by atoms with Gasteiger partial charge in [-0.2, -0.15) is 17.5 Å². The van der Waals surface area contributed by atoms with Crippen LogP contribution in [0.2, 0.25) is 0 Å². The van der Waals surface area contributed by atoms with Gasteiger partial charge >= 0.3 is 6.18 Å². The second-order valence-corrected chi connectivity index (χ2v) is 7.15. The summed E-state index contributed by atoms with van der Waals surface area (Å²) >= 11 is 5.66. The highest BCUT2D eigenvalue weighted by Crippen LogP contribution is 2.23. The van der Waals surface area contributed by atoms with Crippen LogP contribution >= 0.6 is 11.6 Å². The molecule has 1 rings (SSSR count). The van der Waals surface area contributed by atoms with Crippen LogP contribution in [0.3, 0.4) is 0 Å². The molecule has 0 heterocycles. The Balaban J connectivity index is 3.01. The third kappa shape index (κ3) is 5.84. The van der Waals surface area contributed by atoms with Crippen molar-refractivity contribution < 1.29 is 21.6 Å². The van der Waals surface area contributed by atoms with Crippen molar-refractivity contribution >= 4 is 21.6 Å². The molecule has 0 aliphatic rings. The van der Waals surface area contributed by atoms with Crippen molar-refractivity contribution in [1.29, 1.82) is 0 Å². The maximum atomic E-state index is 12.5. The van der Waals surface area contributed by atoms with E-state index in [4.69, 9.17) is 11.6 Å². The van der Waals surface area contributed by atoms with Gasteiger partial charge in [0.25, 0.3) is 0 Å². The molecule has 0 amide bonds. The van der Waals surface area contributed by atoms with Gasteiger partial charge in [0.1, 0.15) is 6.54 Å². The van der Waals surface area contributed by atoms with Crippen LogP contribution in [0.4, 0.5) is 13.2 Å². The second kappa shape index (κ2) is 6.98. The molecule has 1 aromatic carbocycles. The van der Waals surface area contributed by atoms with Gasteiger partial charge < -0.3 is 0 Å². The Labute approximate surface area is 127 Å². The van der Waals surface area contributed by atoms with Gasteiger partial charge in [-0.1, -0.05) is 24.3 Å². The lowest BCUT2D eigenvalue weighted by Crippen LogP contribution is -2.43. The van der Waals surface area contributed by atoms with Crippen LogP contribution < -0.4 is 0 Å². The molecule has 0 atom stereocenters. The standard InChI is InChI=1S/C13H17ClF3NO2S/c1-10(2)18(9-13(15,16)17)21(19,20)8-12-5-3-4-11(6-12)7-14/h3-6,10H,7-9H2,1-2H3. The summed E-state index contributed by atoms with van der Waals surface area (Å²) in [5.41, 5.74) is 1.14. The maximum absolute atomic E-state index is 12.5. The molecule has 0 unspecified atom stereocenters. The van der Waals surface area contributed by atoms with Crippen LogP contribution in [0.1, 0.15) is 25.0 Å². The number of hydrogen-bond donors (Lipinski definition) is 0. The largest absolute Gasteiger partial charge is 0.402 e. The van der Waals surface area contributed by atoms with E-state index in [9.17, 15) is 21.6 Å². The highest BCUT2D eigenvalue weighted by molar-refractivity contribution is 7.88. The Hall–Kier alpha value is -0.790. The summed E-state index contributed by atoms with van der Waals surface area (Å²) in [6, 6.07) is 5.72. The summed E-state index contributed by atoms with van der Waals surface area (Å²) in [6.07, 6.45) is -4.57. The van der Waals surface area contributed by atoms with E-state index in [-0.39, 0.29) is 5.88 Å². The summed E-state index contributed by atoms with van der Waals surface area (Å²) in [5.74, 6) is -0.268. The quantitative estimate of drug-likeness (QED) is 0.741. The molecule has 0 aromatic heterocycles. The van der Waals surface area contributed by atoms with Crippen molar-refractivity contribution in [2.45, 2.75) is 37.7 Å². The van der Waals surface area contributed by atoms with Gasteiger partial charge in [-0.25, -0.2) is 8.42 Å². The first-order valence-corrected chi connectivity index (χ1v) is 8.39. The van der Waals surface area contributed by atoms with Gasteiger partial charge in [0.15, 0.2) is 0 Å². The van der Waals surface area contributed by atoms with Crippen molar-refractivity contribution in [2.24, 2.45) is 0 Å². The maximum Gasteiger partial charge on any atom is 0.402 e. The number of rotatable bonds is 6. The van der Waals surface area contributed by atoms with Gasteiger partial charge in [0, 0.05) is 11.9 Å². The summed E-state index contributed by atoms with van der Waals surface area (Å²) in [6.45, 7) is 1.35. The predicted octanol–water partition coefficient (Wildman–Crippen LogP) is 3.53. The lowest BCUT2D eigenvalue weighted by molar-refractivity contribution is -0.138. The Morgan fingerprint density at radius 3 is 2.29 bits per heavy atom. The van der Waals surface area contributed by atoms with Gasteiger partial charge in [0.05, 0.1) is 5.75 Å². The fourth-order valence-electron chi connectivity index (χ4n) is 1.87. The summed E-state index contributed by atoms with van der Waals surface area (Å²) < 4.78 is 62.5. The molecular formula is C13H17ClF3NO2S. The zero-order chi connectivity index (χ0) is 16.3. The third-order valence-electron chi connectivity index (χ3n) is 2.76. The molecule has 0 saturated carbocycles. The fraction of sp³-hybridized carbons (Fsp3) is 0.538. The number of benzene rings is 1. The molecule has 0 fully saturated rings. The van der Waals surface area contributed by atoms with E-state index >= 15 is 0 Å². The zero-order valence-electron chi connectivity index (χ0n) is 11.7. The average molecular weight is 344 g/mol. The smallest absolute Gasteiger partial charge is 0.212 e. The van der Waals surface area contributed by atoms with E-state index in [0.717, 1.165) is 5.56 Å². The van der Waals surface area contributed by atoms with Crippen LogP contribution in [-0.4, -0.2) is 31.5 Å². The van der Waals surface area contributed by atoms with Crippen molar-refractivity contribution in [3.05, 3.63) is 35.4 Å². The topological polar surface area (TPSA) is 37.4 Å². The normalized spacial score (nSPS) is 13.1. The number of halogens is 4. The Morgan fingerprint density at radius 2 is 1.81 bits per heavy atom. The van der Waals surface area contributed by atoms with Crippen molar-refractivity contribution in [1.82, 2.24) is 4.31 Å². The molecule has 0 saturated heterocycles. The molecule has 0 aliphatic carbocycles. The molecule has 0 bridgehead atoms. The number of nitrogens with zero attached hydrogens (tertiary/aromatic N) is 1. The van der Waals surface area contributed by atoms with Crippen molar-refractivity contribution in [3.63, 3.8) is 0 Å². The minimum Gasteiger partial charge on any atom is -0.212 e. The van der Waals surface area contributed by atoms with Gasteiger partial charge in [0.2, 0.25) is 10.0 Å². The minimum absolute atomic E-state index is 0.213. The molecule has 3 nitrogen and oxygen atoms in total. The van der Waals surface area contributed by atoms with Gasteiger partial charge in [-0.3, -0.25) is 0 Å². The molecule has 120 valence electrons. The van der Waals surface area contributed by atoms with E-state index in [1.807, 2.05) is 0 Å². The first-order chi connectivity index (χ1) is 9.55. The van der Waals surface area contributed by atoms with E-state index in [2.05, 4.69) is 0 Å². The van der Waals surface area contributed by atoms with E-state index in [1.165, 1.54) is 13.8 Å². The van der Waals surface area contributed by atoms with Crippen LogP contribution in [0, 0.1) is 0 Å². The molecule has 8 heteroatoms. The van der Waals surface area contributed by atoms with E-state index in [1.54, 1.807) is 24.3 Å². The third-order valence-corrected chi connectivity index (χ3v) is 5.04. The second-order valence-electron chi connectivity index (χ2n) is 4.96. The van der Waals surface area contributed by atoms with Gasteiger partial charge in [-0.15, -0.1) is 11.6 Å². The highest BCUT2D eigenvalue weighted by Gasteiger charge is 2.37. The minimum atomic E-state index is -4.57. The number of sulfonamides is 1. The molecule has 1 aromatic rings. The summed E-state index contributed by atoms with van der Waals surface area (Å²) in [5, 5.41) is 0. The lowest BCUT2D eigenvalue weighted by Gasteiger charge is -2.26. The van der Waals surface area contributed by atoms with Crippen molar-refractivity contribution in [3.8, 4) is 0 Å². The molecule has 0 aliphatic heterocycles. The highest BCUT2D eigenvalue weighted by atomic mass is 35.5. The van der Waals surface area contributed by atoms with Crippen LogP contribution in [0.5, 0.6) is 0 Å². The lowest BCUT2D eigenvalue weighted by atomic mass is 10.2. The molecule has 21 heavy (non-hydrogen) atoms. The molecular weight excluding hydrogens is 327 g/mol. The van der Waals surface area contributed by atoms with Crippen LogP contribution in [0.25, 0.3) is 0 Å². The predicted molar refractivity (Wildman–Crippen MR) is 76.5 cm³/mol. The summed E-state index contributed by atoms with van der Waals surface area (Å²) in [7, 11) is -4.06. The first-order valence-electron chi connectivity index (χ1n) is 6.25. The molecule has 0 spiro atoms. The Morgan fingerprint density at radius 1 is 1.24 bits per heavy atom. The number of hydrogen-bond acceptors (Lipinski definition) is 2. The SMILES string of the molecule is CC(C)N(CC(F)(F)F)S(=O)(=O)Cc1cccc(CCl)c1. The van der Waals surface area contributed by atoms with E-state index in [0.29, 0.717) is 9.87 Å². The monoisotopic (exact) mass is 343 g/mol. The Bertz CT molecular complexity index is 573. The van der Waals surface area contributed by atoms with Crippen molar-refractivity contribution in [2.75, 3.05) is 6.54 Å². The summed E-state index contributed by atoms with van der Waals surface area (Å²) in [4.78, 5) is 0. The van der Waals surface area contributed by atoms with Gasteiger partial charge in [-0.05, 0) is 25.0 Å². The van der Waals surface area contributed by atoms with Crippen LogP contribution in [-0.2, 0) is 21.7 Å². The van der Waals surface area contributed by atoms with E-state index < -0.39 is 34.5 Å². The van der Waals surface area contributed by atoms with Crippen LogP contribution in [0.15, 0.2) is 24.3 Å². The average Bonchev–Trinajstić information content (AvgIpc) is 2.34. The fourth-order valence-corrected chi connectivity index (χ4v) is 3.79. The molecule has 0 radical (unpaired) electrons. The molecule has 0 N–H and O–H groups in total.